The normalized spacial score (nSPS) is 16.8. The number of nitrogens with zero attached hydrogens (tertiary/aromatic N) is 1. The maximum absolute atomic E-state index is 12.4. The number of benzene rings is 1. The zero-order chi connectivity index (χ0) is 16.8. The molecule has 0 bridgehead atoms. The summed E-state index contributed by atoms with van der Waals surface area (Å²) in [5.41, 5.74) is 0.942. The smallest absolute Gasteiger partial charge is 0.407 e. The second kappa shape index (κ2) is 7.71. The maximum Gasteiger partial charge on any atom is 0.407 e. The summed E-state index contributed by atoms with van der Waals surface area (Å²) in [7, 11) is 4.46. The van der Waals surface area contributed by atoms with Crippen molar-refractivity contribution in [2.24, 2.45) is 0 Å². The Morgan fingerprint density at radius 2 is 2.04 bits per heavy atom. The van der Waals surface area contributed by atoms with Crippen molar-refractivity contribution in [2.75, 3.05) is 34.4 Å². The molecule has 0 spiro atoms. The molecule has 7 nitrogen and oxygen atoms in total. The fourth-order valence-electron chi connectivity index (χ4n) is 2.80. The second-order valence-corrected chi connectivity index (χ2v) is 5.20. The van der Waals surface area contributed by atoms with Gasteiger partial charge in [0.1, 0.15) is 18.0 Å². The number of methoxy groups -OCH3 is 3. The molecule has 23 heavy (non-hydrogen) atoms. The van der Waals surface area contributed by atoms with Gasteiger partial charge < -0.3 is 24.4 Å². The monoisotopic (exact) mass is 322 g/mol. The molecule has 1 aliphatic rings. The van der Waals surface area contributed by atoms with Gasteiger partial charge in [0, 0.05) is 18.2 Å². The van der Waals surface area contributed by atoms with E-state index in [0.29, 0.717) is 18.0 Å². The van der Waals surface area contributed by atoms with Crippen molar-refractivity contribution >= 4 is 12.0 Å². The van der Waals surface area contributed by atoms with Crippen LogP contribution in [0.3, 0.4) is 0 Å². The number of rotatable bonds is 5. The molecule has 1 fully saturated rings. The molecule has 2 amide bonds. The first kappa shape index (κ1) is 16.9. The zero-order valence-corrected chi connectivity index (χ0v) is 13.6. The summed E-state index contributed by atoms with van der Waals surface area (Å²) < 4.78 is 15.1. The molecule has 1 saturated heterocycles. The number of alkyl carbamates (subject to hydrolysis) is 1. The molecular weight excluding hydrogens is 300 g/mol. The first-order chi connectivity index (χ1) is 11.1. The van der Waals surface area contributed by atoms with E-state index in [4.69, 9.17) is 9.47 Å². The molecule has 1 aromatic carbocycles. The molecule has 1 atom stereocenters. The lowest BCUT2D eigenvalue weighted by atomic mass is 10.0. The van der Waals surface area contributed by atoms with E-state index in [9.17, 15) is 9.59 Å². The van der Waals surface area contributed by atoms with Crippen LogP contribution in [0.25, 0.3) is 0 Å². The van der Waals surface area contributed by atoms with Crippen LogP contribution in [0.15, 0.2) is 18.2 Å². The van der Waals surface area contributed by atoms with Gasteiger partial charge in [-0.15, -0.1) is 0 Å². The van der Waals surface area contributed by atoms with Crippen molar-refractivity contribution in [1.29, 1.82) is 0 Å². The van der Waals surface area contributed by atoms with E-state index in [2.05, 4.69) is 10.1 Å². The molecule has 0 saturated carbocycles. The van der Waals surface area contributed by atoms with Crippen molar-refractivity contribution < 1.29 is 23.8 Å². The van der Waals surface area contributed by atoms with Crippen molar-refractivity contribution in [3.05, 3.63) is 23.8 Å². The van der Waals surface area contributed by atoms with Crippen LogP contribution in [-0.4, -0.2) is 51.3 Å². The minimum absolute atomic E-state index is 0.0668. The number of carbonyl (C=O) groups excluding carboxylic acids is 2. The Bertz CT molecular complexity index is 576. The molecule has 1 aliphatic heterocycles. The van der Waals surface area contributed by atoms with Gasteiger partial charge in [-0.2, -0.15) is 0 Å². The van der Waals surface area contributed by atoms with Crippen LogP contribution in [-0.2, 0) is 9.53 Å². The third kappa shape index (κ3) is 3.85. The number of hydrogen-bond donors (Lipinski definition) is 1. The fourth-order valence-corrected chi connectivity index (χ4v) is 2.80. The predicted octanol–water partition coefficient (Wildman–Crippen LogP) is 1.72. The molecule has 7 heteroatoms. The number of nitrogens with one attached hydrogen (secondary N) is 1. The lowest BCUT2D eigenvalue weighted by molar-refractivity contribution is -0.131. The highest BCUT2D eigenvalue weighted by atomic mass is 16.5. The van der Waals surface area contributed by atoms with E-state index in [1.165, 1.54) is 7.11 Å². The van der Waals surface area contributed by atoms with Crippen LogP contribution in [0.5, 0.6) is 11.5 Å². The summed E-state index contributed by atoms with van der Waals surface area (Å²) >= 11 is 0. The van der Waals surface area contributed by atoms with Crippen LogP contribution in [0.1, 0.15) is 24.4 Å². The highest BCUT2D eigenvalue weighted by molar-refractivity contribution is 5.82. The largest absolute Gasteiger partial charge is 0.497 e. The highest BCUT2D eigenvalue weighted by Crippen LogP contribution is 2.38. The third-order valence-corrected chi connectivity index (χ3v) is 3.94. The van der Waals surface area contributed by atoms with Crippen molar-refractivity contribution in [3.8, 4) is 11.5 Å². The third-order valence-electron chi connectivity index (χ3n) is 3.94. The van der Waals surface area contributed by atoms with E-state index in [1.54, 1.807) is 19.1 Å². The van der Waals surface area contributed by atoms with Crippen LogP contribution < -0.4 is 14.8 Å². The number of hydrogen-bond acceptors (Lipinski definition) is 5. The minimum atomic E-state index is -0.615. The fraction of sp³-hybridized carbons (Fsp3) is 0.500. The molecule has 2 rings (SSSR count). The Hall–Kier alpha value is -2.44. The van der Waals surface area contributed by atoms with Gasteiger partial charge in [0.05, 0.1) is 27.4 Å². The Morgan fingerprint density at radius 1 is 1.26 bits per heavy atom. The summed E-state index contributed by atoms with van der Waals surface area (Å²) in [6.07, 6.45) is 1.15. The van der Waals surface area contributed by atoms with E-state index in [1.807, 2.05) is 18.2 Å². The van der Waals surface area contributed by atoms with Gasteiger partial charge in [0.25, 0.3) is 0 Å². The number of ether oxygens (including phenoxy) is 3. The average molecular weight is 322 g/mol. The molecule has 0 radical (unpaired) electrons. The van der Waals surface area contributed by atoms with Crippen molar-refractivity contribution in [1.82, 2.24) is 10.2 Å². The van der Waals surface area contributed by atoms with E-state index in [-0.39, 0.29) is 18.5 Å². The van der Waals surface area contributed by atoms with Crippen molar-refractivity contribution in [2.45, 2.75) is 18.9 Å². The van der Waals surface area contributed by atoms with E-state index in [0.717, 1.165) is 18.4 Å². The van der Waals surface area contributed by atoms with Crippen LogP contribution >= 0.6 is 0 Å². The van der Waals surface area contributed by atoms with Gasteiger partial charge in [-0.1, -0.05) is 0 Å². The summed E-state index contributed by atoms with van der Waals surface area (Å²) in [5.74, 6) is 1.25. The Morgan fingerprint density at radius 3 is 2.70 bits per heavy atom. The highest BCUT2D eigenvalue weighted by Gasteiger charge is 2.32. The van der Waals surface area contributed by atoms with Crippen molar-refractivity contribution in [3.63, 3.8) is 0 Å². The summed E-state index contributed by atoms with van der Waals surface area (Å²) in [6.45, 7) is 0.573. The molecular formula is C16H22N2O5. The standard InChI is InChI=1S/C16H22N2O5/c1-21-11-6-7-12(14(9-11)22-2)13-5-4-8-18(13)15(19)10-17-16(20)23-3/h6-7,9,13H,4-5,8,10H2,1-3H3,(H,17,20)/t13-/m0/s1. The lowest BCUT2D eigenvalue weighted by Gasteiger charge is -2.26. The minimum Gasteiger partial charge on any atom is -0.497 e. The maximum atomic E-state index is 12.4. The van der Waals surface area contributed by atoms with Gasteiger partial charge in [-0.3, -0.25) is 4.79 Å². The molecule has 1 aromatic rings. The van der Waals surface area contributed by atoms with Crippen LogP contribution in [0, 0.1) is 0 Å². The summed E-state index contributed by atoms with van der Waals surface area (Å²) in [4.78, 5) is 25.2. The first-order valence-corrected chi connectivity index (χ1v) is 7.44. The van der Waals surface area contributed by atoms with Gasteiger partial charge >= 0.3 is 6.09 Å². The number of amides is 2. The molecule has 1 heterocycles. The SMILES string of the molecule is COC(=O)NCC(=O)N1CCC[C@H]1c1ccc(OC)cc1OC. The second-order valence-electron chi connectivity index (χ2n) is 5.20. The molecule has 0 unspecified atom stereocenters. The predicted molar refractivity (Wildman–Crippen MR) is 83.6 cm³/mol. The van der Waals surface area contributed by atoms with Gasteiger partial charge in [0.15, 0.2) is 0 Å². The molecule has 0 aromatic heterocycles. The van der Waals surface area contributed by atoms with Gasteiger partial charge in [0.2, 0.25) is 5.91 Å². The van der Waals surface area contributed by atoms with E-state index < -0.39 is 6.09 Å². The summed E-state index contributed by atoms with van der Waals surface area (Å²) in [5, 5.41) is 2.42. The Labute approximate surface area is 135 Å². The van der Waals surface area contributed by atoms with Crippen LogP contribution in [0.2, 0.25) is 0 Å². The Balaban J connectivity index is 2.15. The summed E-state index contributed by atoms with van der Waals surface area (Å²) in [6, 6.07) is 5.51. The van der Waals surface area contributed by atoms with Gasteiger partial charge in [-0.25, -0.2) is 4.79 Å². The van der Waals surface area contributed by atoms with E-state index >= 15 is 0 Å². The number of carbonyl (C=O) groups is 2. The first-order valence-electron chi connectivity index (χ1n) is 7.44. The molecule has 1 N–H and O–H groups in total. The molecule has 126 valence electrons. The average Bonchev–Trinajstić information content (AvgIpc) is 3.08. The Kier molecular flexibility index (Phi) is 5.67. The van der Waals surface area contributed by atoms with Crippen LogP contribution in [0.4, 0.5) is 4.79 Å². The number of likely N-dealkylation sites (tertiary alicyclic amines) is 1. The lowest BCUT2D eigenvalue weighted by Crippen LogP contribution is -2.39. The molecule has 0 aliphatic carbocycles. The van der Waals surface area contributed by atoms with Gasteiger partial charge in [-0.05, 0) is 25.0 Å². The zero-order valence-electron chi connectivity index (χ0n) is 13.6. The topological polar surface area (TPSA) is 77.1 Å². The quantitative estimate of drug-likeness (QED) is 0.893.